The summed E-state index contributed by atoms with van der Waals surface area (Å²) >= 11 is 0. The van der Waals surface area contributed by atoms with E-state index in [-0.39, 0.29) is 6.61 Å². The van der Waals surface area contributed by atoms with Crippen molar-refractivity contribution in [2.75, 3.05) is 12.9 Å². The number of hydrogen-bond acceptors (Lipinski definition) is 3. The molecule has 0 rings (SSSR count). The van der Waals surface area contributed by atoms with Crippen LogP contribution in [0.25, 0.3) is 0 Å². The third-order valence-corrected chi connectivity index (χ3v) is 3.13. The summed E-state index contributed by atoms with van der Waals surface area (Å²) in [6, 6.07) is 0. The molecule has 4 heteroatoms. The second kappa shape index (κ2) is 10.3. The van der Waals surface area contributed by atoms with Crippen LogP contribution < -0.4 is 0 Å². The zero-order chi connectivity index (χ0) is 13.9. The topological polar surface area (TPSA) is 43.4 Å². The van der Waals surface area contributed by atoms with Gasteiger partial charge in [0.2, 0.25) is 0 Å². The van der Waals surface area contributed by atoms with E-state index in [0.717, 1.165) is 6.26 Å². The molecule has 0 N–H and O–H groups in total. The van der Waals surface area contributed by atoms with Gasteiger partial charge in [-0.05, 0) is 18.8 Å². The molecule has 0 fully saturated rings. The Balaban J connectivity index is 3.61. The highest BCUT2D eigenvalue weighted by molar-refractivity contribution is 7.85. The highest BCUT2D eigenvalue weighted by Crippen LogP contribution is 2.10. The van der Waals surface area contributed by atoms with Crippen LogP contribution in [0.2, 0.25) is 0 Å². The molecule has 0 radical (unpaired) electrons. The van der Waals surface area contributed by atoms with Crippen LogP contribution in [0.15, 0.2) is 24.3 Å². The van der Waals surface area contributed by atoms with Gasteiger partial charge in [-0.25, -0.2) is 0 Å². The molecule has 0 aromatic carbocycles. The maximum atomic E-state index is 10.7. The SMILES string of the molecule is CCCCCC(C)/C=C/C=C/CCOS(C)(=O)=O. The molecule has 0 aromatic heterocycles. The van der Waals surface area contributed by atoms with Crippen LogP contribution in [-0.2, 0) is 14.3 Å². The van der Waals surface area contributed by atoms with Crippen molar-refractivity contribution in [2.45, 2.75) is 46.0 Å². The van der Waals surface area contributed by atoms with Crippen LogP contribution in [-0.4, -0.2) is 21.3 Å². The molecule has 0 amide bonds. The molecule has 0 aliphatic carbocycles. The molecule has 3 nitrogen and oxygen atoms in total. The number of hydrogen-bond donors (Lipinski definition) is 0. The van der Waals surface area contributed by atoms with Gasteiger partial charge >= 0.3 is 0 Å². The van der Waals surface area contributed by atoms with E-state index < -0.39 is 10.1 Å². The van der Waals surface area contributed by atoms with E-state index in [4.69, 9.17) is 0 Å². The van der Waals surface area contributed by atoms with E-state index in [0.29, 0.717) is 12.3 Å². The van der Waals surface area contributed by atoms with Crippen molar-refractivity contribution in [3.63, 3.8) is 0 Å². The minimum absolute atomic E-state index is 0.217. The van der Waals surface area contributed by atoms with Crippen molar-refractivity contribution in [2.24, 2.45) is 5.92 Å². The summed E-state index contributed by atoms with van der Waals surface area (Å²) in [5.41, 5.74) is 0. The fourth-order valence-electron chi connectivity index (χ4n) is 1.51. The Bertz CT molecular complexity index is 342. The van der Waals surface area contributed by atoms with E-state index in [1.165, 1.54) is 25.7 Å². The van der Waals surface area contributed by atoms with Crippen molar-refractivity contribution in [1.82, 2.24) is 0 Å². The van der Waals surface area contributed by atoms with Gasteiger partial charge in [0.15, 0.2) is 0 Å². The third-order valence-electron chi connectivity index (χ3n) is 2.53. The quantitative estimate of drug-likeness (QED) is 0.347. The maximum Gasteiger partial charge on any atom is 0.264 e. The Morgan fingerprint density at radius 1 is 1.22 bits per heavy atom. The zero-order valence-corrected chi connectivity index (χ0v) is 12.6. The lowest BCUT2D eigenvalue weighted by Gasteiger charge is -2.03. The molecule has 0 saturated carbocycles. The van der Waals surface area contributed by atoms with Gasteiger partial charge in [0.25, 0.3) is 10.1 Å². The lowest BCUT2D eigenvalue weighted by atomic mass is 10.0. The van der Waals surface area contributed by atoms with Crippen LogP contribution in [0.4, 0.5) is 0 Å². The third kappa shape index (κ3) is 13.5. The average Bonchev–Trinajstić information content (AvgIpc) is 2.26. The Morgan fingerprint density at radius 2 is 1.94 bits per heavy atom. The molecule has 106 valence electrons. The largest absolute Gasteiger partial charge is 0.270 e. The Hall–Kier alpha value is -0.610. The summed E-state index contributed by atoms with van der Waals surface area (Å²) in [7, 11) is -3.30. The van der Waals surface area contributed by atoms with E-state index in [1.54, 1.807) is 0 Å². The summed E-state index contributed by atoms with van der Waals surface area (Å²) in [5, 5.41) is 0. The molecular weight excluding hydrogens is 248 g/mol. The second-order valence-electron chi connectivity index (χ2n) is 4.60. The van der Waals surface area contributed by atoms with Gasteiger partial charge < -0.3 is 0 Å². The van der Waals surface area contributed by atoms with E-state index in [1.807, 2.05) is 18.2 Å². The normalized spacial score (nSPS) is 14.6. The fraction of sp³-hybridized carbons (Fsp3) is 0.714. The summed E-state index contributed by atoms with van der Waals surface area (Å²) < 4.78 is 26.0. The fourth-order valence-corrected chi connectivity index (χ4v) is 1.91. The Labute approximate surface area is 112 Å². The van der Waals surface area contributed by atoms with Gasteiger partial charge in [-0.3, -0.25) is 4.18 Å². The summed E-state index contributed by atoms with van der Waals surface area (Å²) in [4.78, 5) is 0. The van der Waals surface area contributed by atoms with Crippen molar-refractivity contribution in [1.29, 1.82) is 0 Å². The monoisotopic (exact) mass is 274 g/mol. The molecule has 0 aliphatic rings. The molecule has 1 unspecified atom stereocenters. The first kappa shape index (κ1) is 17.4. The molecule has 1 atom stereocenters. The molecule has 0 saturated heterocycles. The minimum Gasteiger partial charge on any atom is -0.270 e. The molecule has 0 aromatic rings. The standard InChI is InChI=1S/C14H26O3S/c1-4-5-8-11-14(2)12-9-6-7-10-13-17-18(3,15)16/h6-7,9,12,14H,4-5,8,10-11,13H2,1-3H3/b7-6+,12-9+. The number of allylic oxidation sites excluding steroid dienone is 3. The lowest BCUT2D eigenvalue weighted by molar-refractivity contribution is 0.328. The smallest absolute Gasteiger partial charge is 0.264 e. The van der Waals surface area contributed by atoms with Gasteiger partial charge in [-0.1, -0.05) is 57.4 Å². The van der Waals surface area contributed by atoms with Gasteiger partial charge in [-0.15, -0.1) is 0 Å². The van der Waals surface area contributed by atoms with E-state index in [2.05, 4.69) is 24.1 Å². The molecule has 0 aliphatic heterocycles. The van der Waals surface area contributed by atoms with Gasteiger partial charge in [0.05, 0.1) is 12.9 Å². The van der Waals surface area contributed by atoms with Crippen molar-refractivity contribution in [3.05, 3.63) is 24.3 Å². The van der Waals surface area contributed by atoms with Gasteiger partial charge in [0, 0.05) is 0 Å². The predicted molar refractivity (Wildman–Crippen MR) is 77.0 cm³/mol. The minimum atomic E-state index is -3.30. The first-order valence-corrected chi connectivity index (χ1v) is 8.45. The van der Waals surface area contributed by atoms with Crippen LogP contribution in [0.3, 0.4) is 0 Å². The molecule has 18 heavy (non-hydrogen) atoms. The van der Waals surface area contributed by atoms with Crippen LogP contribution >= 0.6 is 0 Å². The molecule has 0 heterocycles. The summed E-state index contributed by atoms with van der Waals surface area (Å²) in [6.07, 6.45) is 14.8. The van der Waals surface area contributed by atoms with E-state index >= 15 is 0 Å². The van der Waals surface area contributed by atoms with Crippen LogP contribution in [0, 0.1) is 5.92 Å². The highest BCUT2D eigenvalue weighted by Gasteiger charge is 1.98. The molecule has 0 bridgehead atoms. The molecular formula is C14H26O3S. The average molecular weight is 274 g/mol. The number of unbranched alkanes of at least 4 members (excludes halogenated alkanes) is 2. The van der Waals surface area contributed by atoms with Gasteiger partial charge in [-0.2, -0.15) is 8.42 Å². The maximum absolute atomic E-state index is 10.7. The first-order valence-electron chi connectivity index (χ1n) is 6.63. The highest BCUT2D eigenvalue weighted by atomic mass is 32.2. The van der Waals surface area contributed by atoms with Crippen LogP contribution in [0.1, 0.15) is 46.0 Å². The zero-order valence-electron chi connectivity index (χ0n) is 11.8. The summed E-state index contributed by atoms with van der Waals surface area (Å²) in [5.74, 6) is 0.605. The molecule has 0 spiro atoms. The Kier molecular flexibility index (Phi) is 9.98. The van der Waals surface area contributed by atoms with Crippen molar-refractivity contribution in [3.8, 4) is 0 Å². The van der Waals surface area contributed by atoms with Crippen molar-refractivity contribution < 1.29 is 12.6 Å². The Morgan fingerprint density at radius 3 is 2.56 bits per heavy atom. The van der Waals surface area contributed by atoms with Crippen LogP contribution in [0.5, 0.6) is 0 Å². The predicted octanol–water partition coefficient (Wildman–Crippen LogP) is 3.68. The lowest BCUT2D eigenvalue weighted by Crippen LogP contribution is -2.02. The second-order valence-corrected chi connectivity index (χ2v) is 6.24. The van der Waals surface area contributed by atoms with Gasteiger partial charge in [0.1, 0.15) is 0 Å². The first-order chi connectivity index (χ1) is 8.45. The van der Waals surface area contributed by atoms with Crippen molar-refractivity contribution >= 4 is 10.1 Å². The summed E-state index contributed by atoms with van der Waals surface area (Å²) in [6.45, 7) is 4.64. The number of rotatable bonds is 10. The van der Waals surface area contributed by atoms with E-state index in [9.17, 15) is 8.42 Å².